The molecular formula is C21H23FN2O4S. The van der Waals surface area contributed by atoms with E-state index in [9.17, 15) is 22.7 Å². The highest BCUT2D eigenvalue weighted by atomic mass is 32.2. The lowest BCUT2D eigenvalue weighted by molar-refractivity contribution is -0.158. The molecule has 2 aliphatic rings. The molecule has 4 rings (SSSR count). The third-order valence-corrected chi connectivity index (χ3v) is 7.73. The normalized spacial score (nSPS) is 24.9. The van der Waals surface area contributed by atoms with Crippen LogP contribution >= 0.6 is 0 Å². The maximum absolute atomic E-state index is 13.5. The molecule has 1 amide bonds. The summed E-state index contributed by atoms with van der Waals surface area (Å²) in [4.78, 5) is 14.1. The van der Waals surface area contributed by atoms with E-state index >= 15 is 0 Å². The van der Waals surface area contributed by atoms with Crippen LogP contribution in [0.25, 0.3) is 11.1 Å². The molecular weight excluding hydrogens is 395 g/mol. The van der Waals surface area contributed by atoms with Gasteiger partial charge in [0.25, 0.3) is 0 Å². The van der Waals surface area contributed by atoms with Crippen molar-refractivity contribution in [3.05, 3.63) is 59.9 Å². The Morgan fingerprint density at radius 1 is 1.14 bits per heavy atom. The number of aliphatic hydroxyl groups excluding tert-OH is 1. The SMILES string of the molecule is CCS(=O)(=O)N1CC(=O)N2[C@@H](CO)[C@H](c3ccc(-c4cccc(F)c4)cc3)[C@@H]2C1. The van der Waals surface area contributed by atoms with E-state index in [1.165, 1.54) is 16.4 Å². The van der Waals surface area contributed by atoms with Gasteiger partial charge >= 0.3 is 0 Å². The number of amides is 1. The van der Waals surface area contributed by atoms with E-state index in [1.54, 1.807) is 17.9 Å². The van der Waals surface area contributed by atoms with Crippen molar-refractivity contribution in [2.24, 2.45) is 0 Å². The van der Waals surface area contributed by atoms with Gasteiger partial charge in [-0.25, -0.2) is 12.8 Å². The highest BCUT2D eigenvalue weighted by molar-refractivity contribution is 7.89. The molecule has 6 nitrogen and oxygen atoms in total. The molecule has 0 aliphatic carbocycles. The topological polar surface area (TPSA) is 77.9 Å². The summed E-state index contributed by atoms with van der Waals surface area (Å²) in [5, 5.41) is 9.84. The standard InChI is InChI=1S/C21H23FN2O4S/c1-2-29(27,28)23-11-18-21(19(13-25)24(18)20(26)12-23)15-8-6-14(7-9-15)16-4-3-5-17(22)10-16/h3-10,18-19,21,25H,2,11-13H2,1H3/t18-,19-,21+/m0/s1. The average Bonchev–Trinajstić information content (AvgIpc) is 2.70. The Bertz CT molecular complexity index is 1030. The van der Waals surface area contributed by atoms with Gasteiger partial charge < -0.3 is 10.0 Å². The molecule has 29 heavy (non-hydrogen) atoms. The monoisotopic (exact) mass is 418 g/mol. The fourth-order valence-electron chi connectivity index (χ4n) is 4.43. The van der Waals surface area contributed by atoms with E-state index in [2.05, 4.69) is 0 Å². The smallest absolute Gasteiger partial charge is 0.238 e. The molecule has 3 atom stereocenters. The molecule has 8 heteroatoms. The second-order valence-electron chi connectivity index (χ2n) is 7.47. The quantitative estimate of drug-likeness (QED) is 0.804. The highest BCUT2D eigenvalue weighted by Gasteiger charge is 2.55. The van der Waals surface area contributed by atoms with Crippen LogP contribution in [0.2, 0.25) is 0 Å². The largest absolute Gasteiger partial charge is 0.394 e. The Morgan fingerprint density at radius 2 is 1.86 bits per heavy atom. The average molecular weight is 418 g/mol. The minimum absolute atomic E-state index is 0.0522. The summed E-state index contributed by atoms with van der Waals surface area (Å²) in [5.74, 6) is -0.784. The van der Waals surface area contributed by atoms with E-state index in [0.29, 0.717) is 0 Å². The number of rotatable bonds is 5. The molecule has 0 aromatic heterocycles. The molecule has 2 aromatic carbocycles. The number of carbonyl (C=O) groups is 1. The van der Waals surface area contributed by atoms with Gasteiger partial charge in [0.1, 0.15) is 5.82 Å². The maximum atomic E-state index is 13.5. The molecule has 2 saturated heterocycles. The first-order chi connectivity index (χ1) is 13.9. The Labute approximate surface area is 169 Å². The number of carbonyl (C=O) groups excluding carboxylic acids is 1. The van der Waals surface area contributed by atoms with Gasteiger partial charge in [0.15, 0.2) is 0 Å². The van der Waals surface area contributed by atoms with Gasteiger partial charge in [-0.1, -0.05) is 36.4 Å². The van der Waals surface area contributed by atoms with Gasteiger partial charge in [-0.05, 0) is 35.7 Å². The van der Waals surface area contributed by atoms with Crippen LogP contribution in [0.1, 0.15) is 18.4 Å². The summed E-state index contributed by atoms with van der Waals surface area (Å²) in [5.41, 5.74) is 2.55. The van der Waals surface area contributed by atoms with Crippen molar-refractivity contribution in [3.8, 4) is 11.1 Å². The molecule has 2 fully saturated rings. The number of nitrogens with zero attached hydrogens (tertiary/aromatic N) is 2. The lowest BCUT2D eigenvalue weighted by atomic mass is 9.74. The van der Waals surface area contributed by atoms with Crippen LogP contribution in [0, 0.1) is 5.82 Å². The van der Waals surface area contributed by atoms with E-state index < -0.39 is 10.0 Å². The molecule has 2 aliphatic heterocycles. The van der Waals surface area contributed by atoms with Crippen molar-refractivity contribution in [1.29, 1.82) is 0 Å². The molecule has 2 aromatic rings. The van der Waals surface area contributed by atoms with E-state index in [-0.39, 0.29) is 55.2 Å². The van der Waals surface area contributed by atoms with Gasteiger partial charge in [0.2, 0.25) is 15.9 Å². The summed E-state index contributed by atoms with van der Waals surface area (Å²) in [6.07, 6.45) is 0. The molecule has 0 unspecified atom stereocenters. The number of sulfonamides is 1. The molecule has 0 bridgehead atoms. The maximum Gasteiger partial charge on any atom is 0.238 e. The minimum Gasteiger partial charge on any atom is -0.394 e. The Kier molecular flexibility index (Phi) is 5.18. The summed E-state index contributed by atoms with van der Waals surface area (Å²) >= 11 is 0. The molecule has 2 heterocycles. The molecule has 154 valence electrons. The Balaban J connectivity index is 1.61. The van der Waals surface area contributed by atoms with Crippen molar-refractivity contribution in [1.82, 2.24) is 9.21 Å². The number of aliphatic hydroxyl groups is 1. The number of fused-ring (bicyclic) bond motifs is 1. The van der Waals surface area contributed by atoms with Crippen molar-refractivity contribution in [3.63, 3.8) is 0 Å². The van der Waals surface area contributed by atoms with Crippen molar-refractivity contribution in [2.75, 3.05) is 25.4 Å². The first-order valence-electron chi connectivity index (χ1n) is 9.61. The Hall–Kier alpha value is -2.29. The zero-order valence-electron chi connectivity index (χ0n) is 16.0. The lowest BCUT2D eigenvalue weighted by Crippen LogP contribution is -2.73. The third kappa shape index (κ3) is 3.45. The van der Waals surface area contributed by atoms with Gasteiger partial charge in [0.05, 0.1) is 31.0 Å². The number of hydrogen-bond donors (Lipinski definition) is 1. The highest BCUT2D eigenvalue weighted by Crippen LogP contribution is 2.43. The second-order valence-corrected chi connectivity index (χ2v) is 9.73. The van der Waals surface area contributed by atoms with Crippen LogP contribution in [0.3, 0.4) is 0 Å². The van der Waals surface area contributed by atoms with E-state index in [1.807, 2.05) is 30.3 Å². The van der Waals surface area contributed by atoms with Gasteiger partial charge in [-0.3, -0.25) is 4.79 Å². The number of halogens is 1. The van der Waals surface area contributed by atoms with Crippen molar-refractivity contribution < 1.29 is 22.7 Å². The molecule has 1 N–H and O–H groups in total. The van der Waals surface area contributed by atoms with Crippen LogP contribution in [0.15, 0.2) is 48.5 Å². The van der Waals surface area contributed by atoms with Crippen molar-refractivity contribution >= 4 is 15.9 Å². The minimum atomic E-state index is -3.47. The summed E-state index contributed by atoms with van der Waals surface area (Å²) < 4.78 is 39.3. The van der Waals surface area contributed by atoms with Crippen LogP contribution in [-0.2, 0) is 14.8 Å². The fraction of sp³-hybridized carbons (Fsp3) is 0.381. The lowest BCUT2D eigenvalue weighted by Gasteiger charge is -2.58. The summed E-state index contributed by atoms with van der Waals surface area (Å²) in [6, 6.07) is 13.2. The zero-order valence-corrected chi connectivity index (χ0v) is 16.8. The molecule has 0 radical (unpaired) electrons. The van der Waals surface area contributed by atoms with E-state index in [4.69, 9.17) is 0 Å². The first-order valence-corrected chi connectivity index (χ1v) is 11.2. The summed E-state index contributed by atoms with van der Waals surface area (Å²) in [7, 11) is -3.47. The fourth-order valence-corrected chi connectivity index (χ4v) is 5.48. The van der Waals surface area contributed by atoms with Gasteiger partial charge in [0, 0.05) is 12.5 Å². The number of benzene rings is 2. The zero-order chi connectivity index (χ0) is 20.8. The molecule has 0 saturated carbocycles. The van der Waals surface area contributed by atoms with Crippen molar-refractivity contribution in [2.45, 2.75) is 24.9 Å². The van der Waals surface area contributed by atoms with Crippen LogP contribution in [0.4, 0.5) is 4.39 Å². The molecule has 0 spiro atoms. The predicted octanol–water partition coefficient (Wildman–Crippen LogP) is 1.81. The summed E-state index contributed by atoms with van der Waals surface area (Å²) in [6.45, 7) is 1.44. The first kappa shape index (κ1) is 20.0. The van der Waals surface area contributed by atoms with Gasteiger partial charge in [-0.2, -0.15) is 4.31 Å². The number of piperazine rings is 1. The third-order valence-electron chi connectivity index (χ3n) is 5.93. The predicted molar refractivity (Wildman–Crippen MR) is 107 cm³/mol. The second kappa shape index (κ2) is 7.51. The van der Waals surface area contributed by atoms with Gasteiger partial charge in [-0.15, -0.1) is 0 Å². The van der Waals surface area contributed by atoms with E-state index in [0.717, 1.165) is 16.7 Å². The Morgan fingerprint density at radius 3 is 2.48 bits per heavy atom. The van der Waals surface area contributed by atoms with Crippen LogP contribution in [-0.4, -0.2) is 66.2 Å². The van der Waals surface area contributed by atoms with Crippen LogP contribution in [0.5, 0.6) is 0 Å². The number of hydrogen-bond acceptors (Lipinski definition) is 4. The van der Waals surface area contributed by atoms with Crippen LogP contribution < -0.4 is 0 Å².